The smallest absolute Gasteiger partial charge is 0.301 e. The molecule has 0 saturated heterocycles. The van der Waals surface area contributed by atoms with Gasteiger partial charge in [0, 0.05) is 49.4 Å². The number of para-hydroxylation sites is 1. The number of aryl methyl sites for hydroxylation is 1. The molecule has 2 atom stereocenters. The number of nitrogens with zero attached hydrogens (tertiary/aromatic N) is 5. The summed E-state index contributed by atoms with van der Waals surface area (Å²) in [4.78, 5) is 27.5. The number of aromatic hydroxyl groups is 1. The molecule has 1 amide bonds. The maximum absolute atomic E-state index is 13.8. The minimum absolute atomic E-state index is 0.129. The van der Waals surface area contributed by atoms with Gasteiger partial charge in [0.1, 0.15) is 35.4 Å². The molecule has 0 spiro atoms. The van der Waals surface area contributed by atoms with Crippen molar-refractivity contribution in [2.75, 3.05) is 34.5 Å². The van der Waals surface area contributed by atoms with Gasteiger partial charge in [0.25, 0.3) is 5.91 Å². The fraction of sp³-hybridized carbons (Fsp3) is 0.207. The number of anilines is 3. The SMILES string of the molecule is Cc1ccn2c1C(=O)N(c1ccccc1)C([C@H](C)Nc1ncnc3[nH]cc(-c4ccc(NS(=O)(=O)N(C)C)cc4O)c13)N2. The molecule has 5 aromatic rings. The second-order valence-electron chi connectivity index (χ2n) is 10.5. The normalized spacial score (nSPS) is 15.8. The molecule has 0 radical (unpaired) electrons. The monoisotopic (exact) mass is 601 g/mol. The third-order valence-corrected chi connectivity index (χ3v) is 8.87. The van der Waals surface area contributed by atoms with E-state index in [0.717, 1.165) is 15.6 Å². The lowest BCUT2D eigenvalue weighted by Gasteiger charge is -2.41. The molecule has 0 fully saturated rings. The zero-order chi connectivity index (χ0) is 30.5. The van der Waals surface area contributed by atoms with Crippen molar-refractivity contribution in [1.29, 1.82) is 0 Å². The number of phenols is 1. The molecule has 1 aliphatic rings. The van der Waals surface area contributed by atoms with Crippen LogP contribution in [0.3, 0.4) is 0 Å². The van der Waals surface area contributed by atoms with Crippen LogP contribution >= 0.6 is 0 Å². The molecule has 3 aromatic heterocycles. The minimum Gasteiger partial charge on any atom is -0.507 e. The molecule has 1 aliphatic heterocycles. The van der Waals surface area contributed by atoms with Gasteiger partial charge < -0.3 is 20.8 Å². The molecule has 222 valence electrons. The van der Waals surface area contributed by atoms with E-state index in [1.807, 2.05) is 56.4 Å². The predicted octanol–water partition coefficient (Wildman–Crippen LogP) is 3.69. The van der Waals surface area contributed by atoms with Crippen LogP contribution in [-0.4, -0.2) is 69.7 Å². The maximum Gasteiger partial charge on any atom is 0.301 e. The van der Waals surface area contributed by atoms with Gasteiger partial charge in [-0.1, -0.05) is 18.2 Å². The Morgan fingerprint density at radius 2 is 1.84 bits per heavy atom. The standard InChI is InChI=1S/C29H31N9O4S/c1-17-12-13-37-25(17)29(40)38(20-8-6-5-7-9-20)28(34-37)18(2)33-27-24-22(15-30-26(24)31-16-32-27)21-11-10-19(14-23(21)39)35-43(41,42)36(3)4/h5-16,18,28,34-35,39H,1-4H3,(H2,30,31,32,33)/t18-,28?/m0/s1. The van der Waals surface area contributed by atoms with Crippen LogP contribution in [0.5, 0.6) is 5.75 Å². The number of carbonyl (C=O) groups excluding carboxylic acids is 1. The lowest BCUT2D eigenvalue weighted by Crippen LogP contribution is -2.59. The van der Waals surface area contributed by atoms with Crippen molar-refractivity contribution in [2.24, 2.45) is 0 Å². The van der Waals surface area contributed by atoms with Gasteiger partial charge in [0.05, 0.1) is 17.1 Å². The Morgan fingerprint density at radius 1 is 1.07 bits per heavy atom. The zero-order valence-electron chi connectivity index (χ0n) is 23.9. The van der Waals surface area contributed by atoms with Gasteiger partial charge >= 0.3 is 10.2 Å². The molecule has 5 N–H and O–H groups in total. The van der Waals surface area contributed by atoms with Gasteiger partial charge in [-0.15, -0.1) is 0 Å². The van der Waals surface area contributed by atoms with Crippen LogP contribution in [0.15, 0.2) is 73.3 Å². The van der Waals surface area contributed by atoms with E-state index in [4.69, 9.17) is 0 Å². The van der Waals surface area contributed by atoms with E-state index < -0.39 is 16.4 Å². The number of H-pyrrole nitrogens is 1. The van der Waals surface area contributed by atoms with Crippen LogP contribution in [0.1, 0.15) is 23.0 Å². The van der Waals surface area contributed by atoms with Crippen molar-refractivity contribution in [3.63, 3.8) is 0 Å². The van der Waals surface area contributed by atoms with E-state index in [-0.39, 0.29) is 23.4 Å². The van der Waals surface area contributed by atoms with Crippen LogP contribution < -0.4 is 20.4 Å². The second kappa shape index (κ2) is 10.6. The third kappa shape index (κ3) is 5.00. The minimum atomic E-state index is -3.75. The van der Waals surface area contributed by atoms with E-state index in [0.29, 0.717) is 33.7 Å². The summed E-state index contributed by atoms with van der Waals surface area (Å²) in [6.45, 7) is 3.85. The van der Waals surface area contributed by atoms with Crippen molar-refractivity contribution in [3.05, 3.63) is 84.6 Å². The van der Waals surface area contributed by atoms with Crippen LogP contribution in [0.25, 0.3) is 22.2 Å². The summed E-state index contributed by atoms with van der Waals surface area (Å²) < 4.78 is 29.7. The number of rotatable bonds is 8. The number of benzene rings is 2. The van der Waals surface area contributed by atoms with Crippen LogP contribution in [-0.2, 0) is 10.2 Å². The molecule has 4 heterocycles. The zero-order valence-corrected chi connectivity index (χ0v) is 24.7. The Balaban J connectivity index is 1.36. The first-order valence-corrected chi connectivity index (χ1v) is 14.9. The fourth-order valence-electron chi connectivity index (χ4n) is 5.19. The molecule has 0 bridgehead atoms. The Hall–Kier alpha value is -5.08. The number of aromatic amines is 1. The van der Waals surface area contributed by atoms with Gasteiger partial charge in [-0.25, -0.2) is 9.97 Å². The topological polar surface area (TPSA) is 161 Å². The number of phenolic OH excluding ortho intramolecular Hbond substituents is 1. The summed E-state index contributed by atoms with van der Waals surface area (Å²) >= 11 is 0. The van der Waals surface area contributed by atoms with Gasteiger partial charge in [-0.3, -0.25) is 19.1 Å². The number of aromatic nitrogens is 4. The predicted molar refractivity (Wildman–Crippen MR) is 166 cm³/mol. The van der Waals surface area contributed by atoms with Gasteiger partial charge in [-0.05, 0) is 49.7 Å². The molecule has 14 heteroatoms. The van der Waals surface area contributed by atoms with Crippen molar-refractivity contribution in [1.82, 2.24) is 23.9 Å². The first-order chi connectivity index (χ1) is 20.5. The molecule has 0 saturated carbocycles. The summed E-state index contributed by atoms with van der Waals surface area (Å²) in [7, 11) is -0.924. The summed E-state index contributed by atoms with van der Waals surface area (Å²) in [5.74, 6) is 0.228. The average Bonchev–Trinajstić information content (AvgIpc) is 3.57. The Bertz CT molecular complexity index is 1940. The molecular formula is C29H31N9O4S. The summed E-state index contributed by atoms with van der Waals surface area (Å²) in [5, 5.41) is 15.0. The molecule has 43 heavy (non-hydrogen) atoms. The van der Waals surface area contributed by atoms with Crippen molar-refractivity contribution >= 4 is 44.3 Å². The molecule has 13 nitrogen and oxygen atoms in total. The average molecular weight is 602 g/mol. The number of hydrogen-bond acceptors (Lipinski definition) is 8. The highest BCUT2D eigenvalue weighted by atomic mass is 32.2. The molecular weight excluding hydrogens is 570 g/mol. The third-order valence-electron chi connectivity index (χ3n) is 7.42. The molecule has 6 rings (SSSR count). The van der Waals surface area contributed by atoms with Gasteiger partial charge in [-0.2, -0.15) is 12.7 Å². The number of hydrogen-bond donors (Lipinski definition) is 5. The Morgan fingerprint density at radius 3 is 2.56 bits per heavy atom. The highest BCUT2D eigenvalue weighted by molar-refractivity contribution is 7.90. The number of nitrogens with one attached hydrogen (secondary N) is 4. The number of carbonyl (C=O) groups is 1. The molecule has 2 aromatic carbocycles. The number of amides is 1. The summed E-state index contributed by atoms with van der Waals surface area (Å²) in [5.41, 5.74) is 7.45. The number of fused-ring (bicyclic) bond motifs is 2. The largest absolute Gasteiger partial charge is 0.507 e. The first kappa shape index (κ1) is 28.1. The quantitative estimate of drug-likeness (QED) is 0.180. The molecule has 1 unspecified atom stereocenters. The van der Waals surface area contributed by atoms with Crippen LogP contribution in [0.4, 0.5) is 17.2 Å². The second-order valence-corrected chi connectivity index (χ2v) is 12.4. The van der Waals surface area contributed by atoms with E-state index in [1.165, 1.54) is 26.5 Å². The van der Waals surface area contributed by atoms with Crippen molar-refractivity contribution in [3.8, 4) is 16.9 Å². The summed E-state index contributed by atoms with van der Waals surface area (Å²) in [6, 6.07) is 15.5. The van der Waals surface area contributed by atoms with Crippen molar-refractivity contribution < 1.29 is 18.3 Å². The van der Waals surface area contributed by atoms with E-state index >= 15 is 0 Å². The van der Waals surface area contributed by atoms with Crippen LogP contribution in [0.2, 0.25) is 0 Å². The van der Waals surface area contributed by atoms with Gasteiger partial charge in [0.2, 0.25) is 0 Å². The first-order valence-electron chi connectivity index (χ1n) is 13.5. The van der Waals surface area contributed by atoms with E-state index in [1.54, 1.807) is 27.9 Å². The van der Waals surface area contributed by atoms with Crippen molar-refractivity contribution in [2.45, 2.75) is 26.1 Å². The summed E-state index contributed by atoms with van der Waals surface area (Å²) in [6.07, 6.45) is 4.47. The Labute approximate surface area is 248 Å². The van der Waals surface area contributed by atoms with Crippen LogP contribution in [0, 0.1) is 6.92 Å². The highest BCUT2D eigenvalue weighted by Crippen LogP contribution is 2.38. The maximum atomic E-state index is 13.8. The lowest BCUT2D eigenvalue weighted by molar-refractivity contribution is 0.0954. The van der Waals surface area contributed by atoms with E-state index in [2.05, 4.69) is 30.4 Å². The fourth-order valence-corrected chi connectivity index (χ4v) is 5.80. The molecule has 0 aliphatic carbocycles. The van der Waals surface area contributed by atoms with E-state index in [9.17, 15) is 18.3 Å². The lowest BCUT2D eigenvalue weighted by atomic mass is 10.0. The Kier molecular flexibility index (Phi) is 6.94. The van der Waals surface area contributed by atoms with Gasteiger partial charge in [0.15, 0.2) is 0 Å². The highest BCUT2D eigenvalue weighted by Gasteiger charge is 2.37.